The van der Waals surface area contributed by atoms with Crippen molar-refractivity contribution in [1.82, 2.24) is 5.16 Å². The number of rotatable bonds is 4. The Balaban J connectivity index is 1.73. The summed E-state index contributed by atoms with van der Waals surface area (Å²) >= 11 is 1.51. The van der Waals surface area contributed by atoms with Crippen LogP contribution in [0.1, 0.15) is 17.4 Å². The number of hydrogen-bond acceptors (Lipinski definition) is 5. The number of hydrogen-bond donors (Lipinski definition) is 2. The second-order valence-corrected chi connectivity index (χ2v) is 5.72. The lowest BCUT2D eigenvalue weighted by molar-refractivity contribution is -0.114. The fraction of sp³-hybridized carbons (Fsp3) is 0.0625. The molecule has 0 atom stereocenters. The minimum atomic E-state index is -0.378. The van der Waals surface area contributed by atoms with Crippen LogP contribution in [-0.2, 0) is 4.79 Å². The normalized spacial score (nSPS) is 10.3. The van der Waals surface area contributed by atoms with Gasteiger partial charge in [-0.1, -0.05) is 17.3 Å². The number of anilines is 2. The first kappa shape index (κ1) is 15.0. The summed E-state index contributed by atoms with van der Waals surface area (Å²) in [6.45, 7) is 1.42. The van der Waals surface area contributed by atoms with Crippen molar-refractivity contribution in [3.63, 3.8) is 0 Å². The molecule has 0 unspecified atom stereocenters. The van der Waals surface area contributed by atoms with Crippen LogP contribution in [0.25, 0.3) is 10.6 Å². The van der Waals surface area contributed by atoms with Crippen LogP contribution in [0, 0.1) is 0 Å². The Morgan fingerprint density at radius 1 is 1.09 bits per heavy atom. The molecule has 2 heterocycles. The fourth-order valence-corrected chi connectivity index (χ4v) is 2.66. The highest BCUT2D eigenvalue weighted by atomic mass is 32.1. The van der Waals surface area contributed by atoms with Crippen molar-refractivity contribution in [2.45, 2.75) is 6.92 Å². The molecule has 0 bridgehead atoms. The average Bonchev–Trinajstić information content (AvgIpc) is 3.18. The molecule has 3 rings (SSSR count). The molecule has 0 saturated heterocycles. The molecule has 0 spiro atoms. The molecule has 116 valence electrons. The second kappa shape index (κ2) is 6.45. The summed E-state index contributed by atoms with van der Waals surface area (Å²) < 4.78 is 5.19. The summed E-state index contributed by atoms with van der Waals surface area (Å²) in [5.41, 5.74) is 1.36. The third-order valence-electron chi connectivity index (χ3n) is 2.95. The number of nitrogens with zero attached hydrogens (tertiary/aromatic N) is 1. The summed E-state index contributed by atoms with van der Waals surface area (Å²) in [5, 5.41) is 11.1. The first-order valence-corrected chi connectivity index (χ1v) is 7.69. The van der Waals surface area contributed by atoms with Gasteiger partial charge < -0.3 is 15.2 Å². The van der Waals surface area contributed by atoms with Crippen molar-refractivity contribution in [1.29, 1.82) is 0 Å². The van der Waals surface area contributed by atoms with Gasteiger partial charge in [0, 0.05) is 24.4 Å². The molecule has 0 aliphatic rings. The van der Waals surface area contributed by atoms with Crippen LogP contribution in [0.2, 0.25) is 0 Å². The Kier molecular flexibility index (Phi) is 4.20. The topological polar surface area (TPSA) is 84.2 Å². The van der Waals surface area contributed by atoms with Gasteiger partial charge in [0.25, 0.3) is 5.91 Å². The van der Waals surface area contributed by atoms with Gasteiger partial charge in [0.2, 0.25) is 5.91 Å². The predicted molar refractivity (Wildman–Crippen MR) is 88.5 cm³/mol. The Labute approximate surface area is 136 Å². The number of amides is 2. The quantitative estimate of drug-likeness (QED) is 0.766. The number of thiophene rings is 1. The van der Waals surface area contributed by atoms with Crippen LogP contribution >= 0.6 is 11.3 Å². The molecular weight excluding hydrogens is 314 g/mol. The van der Waals surface area contributed by atoms with Crippen molar-refractivity contribution < 1.29 is 14.1 Å². The maximum absolute atomic E-state index is 12.2. The molecule has 0 aliphatic heterocycles. The molecule has 0 saturated carbocycles. The molecule has 0 aliphatic carbocycles. The van der Waals surface area contributed by atoms with E-state index in [0.29, 0.717) is 17.1 Å². The van der Waals surface area contributed by atoms with E-state index in [1.807, 2.05) is 17.5 Å². The molecule has 7 heteroatoms. The number of aromatic nitrogens is 1. The van der Waals surface area contributed by atoms with Crippen molar-refractivity contribution in [2.75, 3.05) is 10.6 Å². The minimum Gasteiger partial charge on any atom is -0.355 e. The monoisotopic (exact) mass is 327 g/mol. The Bertz CT molecular complexity index is 840. The zero-order valence-corrected chi connectivity index (χ0v) is 13.0. The van der Waals surface area contributed by atoms with Crippen molar-refractivity contribution in [3.8, 4) is 10.6 Å². The lowest BCUT2D eigenvalue weighted by Gasteiger charge is -2.06. The molecule has 23 heavy (non-hydrogen) atoms. The summed E-state index contributed by atoms with van der Waals surface area (Å²) in [7, 11) is 0. The molecule has 2 aromatic heterocycles. The maximum Gasteiger partial charge on any atom is 0.277 e. The van der Waals surface area contributed by atoms with Crippen LogP contribution in [0.4, 0.5) is 11.4 Å². The van der Waals surface area contributed by atoms with Crippen molar-refractivity contribution in [2.24, 2.45) is 0 Å². The van der Waals surface area contributed by atoms with E-state index in [-0.39, 0.29) is 17.5 Å². The largest absolute Gasteiger partial charge is 0.355 e. The van der Waals surface area contributed by atoms with Crippen LogP contribution in [0.5, 0.6) is 0 Å². The lowest BCUT2D eigenvalue weighted by atomic mass is 10.2. The van der Waals surface area contributed by atoms with Gasteiger partial charge in [0.05, 0.1) is 4.88 Å². The molecule has 1 aromatic carbocycles. The molecular formula is C16H13N3O3S. The number of carbonyl (C=O) groups excluding carboxylic acids is 2. The smallest absolute Gasteiger partial charge is 0.277 e. The fourth-order valence-electron chi connectivity index (χ4n) is 1.99. The number of nitrogens with one attached hydrogen (secondary N) is 2. The van der Waals surface area contributed by atoms with Crippen molar-refractivity contribution in [3.05, 3.63) is 53.5 Å². The van der Waals surface area contributed by atoms with E-state index in [0.717, 1.165) is 4.88 Å². The SMILES string of the molecule is CC(=O)Nc1cccc(NC(=O)c2cc(-c3cccs3)on2)c1. The van der Waals surface area contributed by atoms with Gasteiger partial charge in [-0.15, -0.1) is 11.3 Å². The zero-order chi connectivity index (χ0) is 16.2. The van der Waals surface area contributed by atoms with Crippen LogP contribution in [-0.4, -0.2) is 17.0 Å². The molecule has 0 fully saturated rings. The Hall–Kier alpha value is -2.93. The maximum atomic E-state index is 12.2. The molecule has 2 amide bonds. The average molecular weight is 327 g/mol. The first-order valence-electron chi connectivity index (χ1n) is 6.81. The van der Waals surface area contributed by atoms with Gasteiger partial charge >= 0.3 is 0 Å². The summed E-state index contributed by atoms with van der Waals surface area (Å²) in [5.74, 6) is -0.000699. The Morgan fingerprint density at radius 3 is 2.57 bits per heavy atom. The van der Waals surface area contributed by atoms with Gasteiger partial charge in [-0.25, -0.2) is 0 Å². The lowest BCUT2D eigenvalue weighted by Crippen LogP contribution is -2.12. The van der Waals surface area contributed by atoms with E-state index in [4.69, 9.17) is 4.52 Å². The Morgan fingerprint density at radius 2 is 1.87 bits per heavy atom. The highest BCUT2D eigenvalue weighted by molar-refractivity contribution is 7.13. The predicted octanol–water partition coefficient (Wildman–Crippen LogP) is 3.61. The van der Waals surface area contributed by atoms with Gasteiger partial charge in [0.15, 0.2) is 11.5 Å². The second-order valence-electron chi connectivity index (χ2n) is 4.77. The van der Waals surface area contributed by atoms with Crippen molar-refractivity contribution >= 4 is 34.5 Å². The zero-order valence-electron chi connectivity index (χ0n) is 12.2. The minimum absolute atomic E-state index is 0.175. The highest BCUT2D eigenvalue weighted by Crippen LogP contribution is 2.25. The third kappa shape index (κ3) is 3.64. The van der Waals surface area contributed by atoms with Gasteiger partial charge in [0.1, 0.15) is 0 Å². The summed E-state index contributed by atoms with van der Waals surface area (Å²) in [6.07, 6.45) is 0. The van der Waals surface area contributed by atoms with Gasteiger partial charge in [-0.05, 0) is 29.6 Å². The highest BCUT2D eigenvalue weighted by Gasteiger charge is 2.14. The van der Waals surface area contributed by atoms with Gasteiger partial charge in [-0.2, -0.15) is 0 Å². The standard InChI is InChI=1S/C16H13N3O3S/c1-10(20)17-11-4-2-5-12(8-11)18-16(21)13-9-14(22-19-13)15-6-3-7-23-15/h2-9H,1H3,(H,17,20)(H,18,21). The third-order valence-corrected chi connectivity index (χ3v) is 3.83. The van der Waals surface area contributed by atoms with E-state index in [2.05, 4.69) is 15.8 Å². The van der Waals surface area contributed by atoms with E-state index >= 15 is 0 Å². The van der Waals surface area contributed by atoms with E-state index in [9.17, 15) is 9.59 Å². The van der Waals surface area contributed by atoms with Crippen LogP contribution in [0.15, 0.2) is 52.4 Å². The number of carbonyl (C=O) groups is 2. The van der Waals surface area contributed by atoms with E-state index in [1.54, 1.807) is 30.3 Å². The van der Waals surface area contributed by atoms with E-state index < -0.39 is 0 Å². The van der Waals surface area contributed by atoms with Gasteiger partial charge in [-0.3, -0.25) is 9.59 Å². The summed E-state index contributed by atoms with van der Waals surface area (Å²) in [6, 6.07) is 12.3. The number of benzene rings is 1. The molecule has 0 radical (unpaired) electrons. The van der Waals surface area contributed by atoms with Crippen LogP contribution < -0.4 is 10.6 Å². The molecule has 2 N–H and O–H groups in total. The summed E-state index contributed by atoms with van der Waals surface area (Å²) in [4.78, 5) is 24.2. The molecule has 6 nitrogen and oxygen atoms in total. The van der Waals surface area contributed by atoms with E-state index in [1.165, 1.54) is 18.3 Å². The van der Waals surface area contributed by atoms with Crippen LogP contribution in [0.3, 0.4) is 0 Å². The first-order chi connectivity index (χ1) is 11.1. The molecule has 3 aromatic rings.